The maximum absolute atomic E-state index is 5.72. The van der Waals surface area contributed by atoms with Gasteiger partial charge in [0.2, 0.25) is 0 Å². The highest BCUT2D eigenvalue weighted by Crippen LogP contribution is 2.44. The number of aromatic nitrogens is 8. The predicted octanol–water partition coefficient (Wildman–Crippen LogP) is 19.8. The molecular weight excluding hydrogens is 1020 g/mol. The van der Waals surface area contributed by atoms with Crippen LogP contribution in [0.15, 0.2) is 36.4 Å². The van der Waals surface area contributed by atoms with Crippen molar-refractivity contribution in [1.82, 2.24) is 39.9 Å². The molecule has 0 aromatic carbocycles. The Morgan fingerprint density at radius 1 is 0.250 bits per heavy atom. The number of aromatic amines is 4. The molecule has 4 aliphatic heterocycles. The van der Waals surface area contributed by atoms with E-state index in [1.807, 2.05) is 0 Å². The Morgan fingerprint density at radius 3 is 0.786 bits per heavy atom. The second-order valence-corrected chi connectivity index (χ2v) is 22.6. The lowest BCUT2D eigenvalue weighted by molar-refractivity contribution is 1.07. The van der Waals surface area contributed by atoms with Crippen molar-refractivity contribution in [2.24, 2.45) is 0 Å². The van der Waals surface area contributed by atoms with Gasteiger partial charge in [-0.25, -0.2) is 19.9 Å². The average Bonchev–Trinajstić information content (AvgIpc) is 4.59. The fraction of sp³-hybridized carbons (Fsp3) is 0.421. The molecule has 0 radical (unpaired) electrons. The lowest BCUT2D eigenvalue weighted by atomic mass is 9.94. The fourth-order valence-electron chi connectivity index (χ4n) is 14.8. The van der Waals surface area contributed by atoms with Crippen LogP contribution in [0, 0.1) is 23.7 Å². The van der Waals surface area contributed by atoms with E-state index in [9.17, 15) is 0 Å². The van der Waals surface area contributed by atoms with E-state index in [0.29, 0.717) is 0 Å². The molecule has 0 saturated carbocycles. The first-order chi connectivity index (χ1) is 40.9. The van der Waals surface area contributed by atoms with Crippen molar-refractivity contribution in [3.8, 4) is 23.7 Å². The maximum Gasteiger partial charge on any atom is 0.0851 e. The molecule has 8 nitrogen and oxygen atoms in total. The van der Waals surface area contributed by atoms with Crippen LogP contribution in [0.5, 0.6) is 0 Å². The number of hydrogen-bond donors (Lipinski definition) is 4. The zero-order valence-corrected chi connectivity index (χ0v) is 53.6. The predicted molar refractivity (Wildman–Crippen MR) is 360 cm³/mol. The highest BCUT2D eigenvalue weighted by Gasteiger charge is 2.29. The van der Waals surface area contributed by atoms with E-state index in [0.717, 1.165) is 193 Å². The molecule has 434 valence electrons. The van der Waals surface area contributed by atoms with E-state index in [2.05, 4.69) is 191 Å². The largest absolute Gasteiger partial charge is 0.355 e. The quantitative estimate of drug-likeness (QED) is 0.0723. The van der Waals surface area contributed by atoms with Crippen LogP contribution in [0.2, 0.25) is 0 Å². The SMILES string of the molecule is CCC1=C(CC)c2cc3[nH]c(c(C#CC#Cc4c5nc(cc6[nH]c(cc7[nH]c(cc8nc4C(CC)=C8CC)c(CC)c7CC)c(CC)c6CC)C(CC)=C5CC)c4nc(cc5[nH]c(cc1n2)c(CC)c5CC)C(CC)=C4CC)c(CC)c3CC. The molecule has 0 unspecified atom stereocenters. The van der Waals surface area contributed by atoms with Gasteiger partial charge in [-0.15, -0.1) is 0 Å². The van der Waals surface area contributed by atoms with Gasteiger partial charge in [0.15, 0.2) is 0 Å². The minimum absolute atomic E-state index is 0.807. The topological polar surface area (TPSA) is 115 Å². The molecule has 4 aliphatic rings. The van der Waals surface area contributed by atoms with E-state index in [4.69, 9.17) is 19.9 Å². The van der Waals surface area contributed by atoms with Crippen molar-refractivity contribution in [3.05, 3.63) is 138 Å². The van der Waals surface area contributed by atoms with Crippen LogP contribution in [0.4, 0.5) is 0 Å². The van der Waals surface area contributed by atoms with Gasteiger partial charge in [0.1, 0.15) is 0 Å². The van der Waals surface area contributed by atoms with Gasteiger partial charge < -0.3 is 19.9 Å². The molecule has 6 aromatic heterocycles. The van der Waals surface area contributed by atoms with Gasteiger partial charge in [-0.1, -0.05) is 111 Å². The van der Waals surface area contributed by atoms with E-state index >= 15 is 0 Å². The van der Waals surface area contributed by atoms with E-state index in [1.54, 1.807) is 0 Å². The Morgan fingerprint density at radius 2 is 0.488 bits per heavy atom. The smallest absolute Gasteiger partial charge is 0.0851 e. The van der Waals surface area contributed by atoms with Crippen molar-refractivity contribution in [3.63, 3.8) is 0 Å². The molecule has 4 N–H and O–H groups in total. The average molecular weight is 1120 g/mol. The van der Waals surface area contributed by atoms with Crippen LogP contribution in [0.1, 0.15) is 263 Å². The van der Waals surface area contributed by atoms with Crippen molar-refractivity contribution < 1.29 is 0 Å². The second-order valence-electron chi connectivity index (χ2n) is 22.6. The van der Waals surface area contributed by atoms with Gasteiger partial charge in [0, 0.05) is 38.6 Å². The third-order valence-electron chi connectivity index (χ3n) is 18.6. The first-order valence-corrected chi connectivity index (χ1v) is 32.5. The van der Waals surface area contributed by atoms with Crippen molar-refractivity contribution in [1.29, 1.82) is 0 Å². The van der Waals surface area contributed by atoms with Crippen LogP contribution in [0.25, 0.3) is 88.7 Å². The summed E-state index contributed by atoms with van der Waals surface area (Å²) in [5, 5.41) is 0. The van der Waals surface area contributed by atoms with E-state index in [1.165, 1.54) is 100 Å². The Bertz CT molecular complexity index is 4150. The first kappa shape index (κ1) is 59.5. The van der Waals surface area contributed by atoms with Crippen LogP contribution in [0.3, 0.4) is 0 Å². The number of aryl methyl sites for hydroxylation is 8. The second kappa shape index (κ2) is 25.3. The van der Waals surface area contributed by atoms with Gasteiger partial charge in [-0.3, -0.25) is 0 Å². The van der Waals surface area contributed by atoms with Crippen molar-refractivity contribution in [2.75, 3.05) is 0 Å². The summed E-state index contributed by atoms with van der Waals surface area (Å²) in [5.41, 5.74) is 39.2. The molecular formula is C76H90N8. The summed E-state index contributed by atoms with van der Waals surface area (Å²) in [6, 6.07) is 14.0. The zero-order chi connectivity index (χ0) is 59.7. The van der Waals surface area contributed by atoms with Gasteiger partial charge in [0.25, 0.3) is 0 Å². The fourth-order valence-corrected chi connectivity index (χ4v) is 14.8. The highest BCUT2D eigenvalue weighted by atomic mass is 14.8. The van der Waals surface area contributed by atoms with Gasteiger partial charge in [0.05, 0.1) is 62.2 Å². The van der Waals surface area contributed by atoms with Gasteiger partial charge >= 0.3 is 0 Å². The number of rotatable bonds is 16. The molecule has 0 fully saturated rings. The lowest BCUT2D eigenvalue weighted by Gasteiger charge is -2.08. The van der Waals surface area contributed by atoms with E-state index in [-0.39, 0.29) is 0 Å². The van der Waals surface area contributed by atoms with Gasteiger partial charge in [-0.2, -0.15) is 0 Å². The minimum atomic E-state index is 0.807. The number of H-pyrrole nitrogens is 4. The Labute approximate surface area is 500 Å². The summed E-state index contributed by atoms with van der Waals surface area (Å²) in [6.07, 6.45) is 14.0. The third-order valence-corrected chi connectivity index (χ3v) is 18.6. The Hall–Kier alpha value is -7.68. The van der Waals surface area contributed by atoms with Crippen LogP contribution < -0.4 is 0 Å². The molecule has 8 heteroatoms. The number of fused-ring (bicyclic) bond motifs is 16. The number of nitrogens with one attached hydrogen (secondary N) is 4. The molecule has 0 saturated heterocycles. The number of allylic oxidation sites excluding steroid dienone is 8. The molecule has 16 bridgehead atoms. The normalized spacial score (nSPS) is 13.4. The summed E-state index contributed by atoms with van der Waals surface area (Å²) in [5.74, 6) is 14.7. The van der Waals surface area contributed by atoms with Crippen LogP contribution in [-0.4, -0.2) is 39.9 Å². The van der Waals surface area contributed by atoms with Crippen LogP contribution >= 0.6 is 0 Å². The molecule has 84 heavy (non-hydrogen) atoms. The molecule has 0 spiro atoms. The number of nitrogens with zero attached hydrogens (tertiary/aromatic N) is 4. The number of hydrogen-bond acceptors (Lipinski definition) is 4. The highest BCUT2D eigenvalue weighted by molar-refractivity contribution is 6.00. The van der Waals surface area contributed by atoms with Gasteiger partial charge in [-0.05, 0) is 252 Å². The van der Waals surface area contributed by atoms with E-state index < -0.39 is 0 Å². The molecule has 10 rings (SSSR count). The molecule has 10 heterocycles. The molecule has 0 aliphatic carbocycles. The Kier molecular flexibility index (Phi) is 17.9. The maximum atomic E-state index is 5.72. The molecule has 0 amide bonds. The van der Waals surface area contributed by atoms with Crippen molar-refractivity contribution in [2.45, 2.75) is 214 Å². The van der Waals surface area contributed by atoms with Crippen LogP contribution in [-0.2, 0) is 51.4 Å². The standard InChI is InChI=1S/C76H90N8/c1-17-43-47(21-5)65-39-69-51(25-9)55(29-13)73(81-69)59(74-56(30-14)52(26-10)70(82-74)40-66-48(22-6)44(18-2)62(78-66)37-61(43)77-65)35-33-34-36-60-75-57(31-15)53(27-11)71(83-75)41-67-49(23-7)45(19-3)63(79-67)38-64-46(20-4)50(24-8)68(80-64)42-72-54(28-12)58(32-16)76(60)84-72/h37-42,77-79,84H,17-32H2,1-16H3. The molecule has 0 atom stereocenters. The van der Waals surface area contributed by atoms with Crippen molar-refractivity contribution >= 4 is 88.7 Å². The Balaban J connectivity index is 1.36. The summed E-state index contributed by atoms with van der Waals surface area (Å²) >= 11 is 0. The summed E-state index contributed by atoms with van der Waals surface area (Å²) in [4.78, 5) is 38.5. The minimum Gasteiger partial charge on any atom is -0.355 e. The third kappa shape index (κ3) is 10.1. The first-order valence-electron chi connectivity index (χ1n) is 32.5. The zero-order valence-electron chi connectivity index (χ0n) is 53.6. The molecule has 6 aromatic rings. The monoisotopic (exact) mass is 1110 g/mol. The summed E-state index contributed by atoms with van der Waals surface area (Å²) in [7, 11) is 0. The lowest BCUT2D eigenvalue weighted by Crippen LogP contribution is -1.95. The summed E-state index contributed by atoms with van der Waals surface area (Å²) < 4.78 is 0. The summed E-state index contributed by atoms with van der Waals surface area (Å²) in [6.45, 7) is 36.3.